The lowest BCUT2D eigenvalue weighted by Gasteiger charge is -2.31. The molecule has 0 spiro atoms. The van der Waals surface area contributed by atoms with Gasteiger partial charge in [-0.05, 0) is 50.7 Å². The number of hydrogen-bond donors (Lipinski definition) is 2. The molecule has 1 amide bonds. The molecule has 1 fully saturated rings. The van der Waals surface area contributed by atoms with E-state index in [2.05, 4.69) is 18.7 Å². The van der Waals surface area contributed by atoms with Gasteiger partial charge >= 0.3 is 0 Å². The van der Waals surface area contributed by atoms with Crippen molar-refractivity contribution < 1.29 is 4.79 Å². The molecule has 0 bridgehead atoms. The Kier molecular flexibility index (Phi) is 6.09. The molecule has 1 aliphatic heterocycles. The largest absolute Gasteiger partial charge is 0.369 e. The maximum Gasteiger partial charge on any atom is 0.221 e. The number of nitrogens with zero attached hydrogens (tertiary/aromatic N) is 1. The minimum atomic E-state index is -0.135. The number of primary amides is 1. The quantitative estimate of drug-likeness (QED) is 0.674. The smallest absolute Gasteiger partial charge is 0.221 e. The summed E-state index contributed by atoms with van der Waals surface area (Å²) in [7, 11) is 0. The second kappa shape index (κ2) is 7.10. The highest BCUT2D eigenvalue weighted by Gasteiger charge is 2.23. The summed E-state index contributed by atoms with van der Waals surface area (Å²) in [6.45, 7) is 8.25. The summed E-state index contributed by atoms with van der Waals surface area (Å²) in [5, 5.41) is 0. The molecule has 0 aliphatic carbocycles. The van der Waals surface area contributed by atoms with Gasteiger partial charge in [-0.25, -0.2) is 0 Å². The summed E-state index contributed by atoms with van der Waals surface area (Å²) in [5.41, 5.74) is 11.4. The molecule has 1 rings (SSSR count). The molecule has 0 saturated carbocycles. The lowest BCUT2D eigenvalue weighted by atomic mass is 9.87. The molecule has 1 aliphatic rings. The lowest BCUT2D eigenvalue weighted by molar-refractivity contribution is -0.123. The molecule has 0 aromatic carbocycles. The van der Waals surface area contributed by atoms with Crippen LogP contribution in [-0.4, -0.2) is 37.0 Å². The fraction of sp³-hybridized carbons (Fsp3) is 0.929. The van der Waals surface area contributed by atoms with Gasteiger partial charge in [0, 0.05) is 6.54 Å². The molecule has 1 saturated heterocycles. The van der Waals surface area contributed by atoms with Crippen LogP contribution in [-0.2, 0) is 4.79 Å². The first kappa shape index (κ1) is 15.4. The summed E-state index contributed by atoms with van der Waals surface area (Å²) in [6, 6.07) is 0. The fourth-order valence-electron chi connectivity index (χ4n) is 2.53. The van der Waals surface area contributed by atoms with E-state index < -0.39 is 0 Å². The van der Waals surface area contributed by atoms with Gasteiger partial charge in [0.1, 0.15) is 0 Å². The van der Waals surface area contributed by atoms with E-state index in [1.54, 1.807) is 0 Å². The summed E-state index contributed by atoms with van der Waals surface area (Å²) < 4.78 is 0. The van der Waals surface area contributed by atoms with Crippen LogP contribution in [0.25, 0.3) is 0 Å². The molecule has 1 atom stereocenters. The number of amides is 1. The van der Waals surface area contributed by atoms with E-state index in [0.29, 0.717) is 0 Å². The van der Waals surface area contributed by atoms with Gasteiger partial charge in [0.2, 0.25) is 5.91 Å². The van der Waals surface area contributed by atoms with Crippen molar-refractivity contribution in [3.63, 3.8) is 0 Å². The molecule has 4 nitrogen and oxygen atoms in total. The summed E-state index contributed by atoms with van der Waals surface area (Å²) in [5.74, 6) is -0.0665. The van der Waals surface area contributed by atoms with Gasteiger partial charge in [0.25, 0.3) is 0 Å². The zero-order valence-electron chi connectivity index (χ0n) is 12.0. The maximum atomic E-state index is 11.2. The molecular weight excluding hydrogens is 226 g/mol. The van der Waals surface area contributed by atoms with E-state index >= 15 is 0 Å². The first-order chi connectivity index (χ1) is 8.44. The number of piperidine rings is 1. The Morgan fingerprint density at radius 3 is 2.72 bits per heavy atom. The molecule has 0 aromatic rings. The standard InChI is InChI=1S/C14H29N3O/c1-14(2,11-15)7-3-4-8-17-9-5-6-12(10-17)13(16)18/h12H,3-11,15H2,1-2H3,(H2,16,18). The first-order valence-corrected chi connectivity index (χ1v) is 7.16. The number of carbonyl (C=O) groups excluding carboxylic acids is 1. The first-order valence-electron chi connectivity index (χ1n) is 7.16. The van der Waals surface area contributed by atoms with E-state index in [4.69, 9.17) is 11.5 Å². The molecule has 0 radical (unpaired) electrons. The van der Waals surface area contributed by atoms with Crippen LogP contribution in [0.3, 0.4) is 0 Å². The van der Waals surface area contributed by atoms with Crippen molar-refractivity contribution >= 4 is 5.91 Å². The third-order valence-electron chi connectivity index (χ3n) is 4.04. The van der Waals surface area contributed by atoms with Crippen molar-refractivity contribution in [2.24, 2.45) is 22.8 Å². The minimum absolute atomic E-state index is 0.0687. The van der Waals surface area contributed by atoms with Crippen LogP contribution in [0.5, 0.6) is 0 Å². The van der Waals surface area contributed by atoms with Crippen molar-refractivity contribution in [1.29, 1.82) is 0 Å². The Hall–Kier alpha value is -0.610. The Bertz CT molecular complexity index is 266. The SMILES string of the molecule is CC(C)(CN)CCCCN1CCCC(C(N)=O)C1. The molecular formula is C14H29N3O. The van der Waals surface area contributed by atoms with Gasteiger partial charge in [-0.3, -0.25) is 4.79 Å². The Morgan fingerprint density at radius 1 is 1.39 bits per heavy atom. The van der Waals surface area contributed by atoms with E-state index in [1.165, 1.54) is 19.3 Å². The molecule has 4 N–H and O–H groups in total. The monoisotopic (exact) mass is 255 g/mol. The van der Waals surface area contributed by atoms with Crippen LogP contribution in [0.4, 0.5) is 0 Å². The van der Waals surface area contributed by atoms with Gasteiger partial charge < -0.3 is 16.4 Å². The number of likely N-dealkylation sites (tertiary alicyclic amines) is 1. The average molecular weight is 255 g/mol. The number of carbonyl (C=O) groups is 1. The molecule has 1 unspecified atom stereocenters. The summed E-state index contributed by atoms with van der Waals surface area (Å²) in [4.78, 5) is 13.6. The normalized spacial score (nSPS) is 22.1. The Labute approximate surface area is 111 Å². The second-order valence-corrected chi connectivity index (χ2v) is 6.37. The third-order valence-corrected chi connectivity index (χ3v) is 4.04. The van der Waals surface area contributed by atoms with Crippen molar-refractivity contribution in [3.05, 3.63) is 0 Å². The van der Waals surface area contributed by atoms with E-state index in [1.807, 2.05) is 0 Å². The highest BCUT2D eigenvalue weighted by Crippen LogP contribution is 2.22. The van der Waals surface area contributed by atoms with Crippen LogP contribution in [0.1, 0.15) is 46.0 Å². The third kappa shape index (κ3) is 5.36. The summed E-state index contributed by atoms with van der Waals surface area (Å²) >= 11 is 0. The Morgan fingerprint density at radius 2 is 2.11 bits per heavy atom. The number of hydrogen-bond acceptors (Lipinski definition) is 3. The van der Waals surface area contributed by atoms with Crippen LogP contribution in [0.2, 0.25) is 0 Å². The van der Waals surface area contributed by atoms with Crippen molar-refractivity contribution in [1.82, 2.24) is 4.90 Å². The molecule has 1 heterocycles. The molecule has 18 heavy (non-hydrogen) atoms. The predicted molar refractivity (Wildman–Crippen MR) is 75.0 cm³/mol. The lowest BCUT2D eigenvalue weighted by Crippen LogP contribution is -2.41. The van der Waals surface area contributed by atoms with Crippen LogP contribution in [0.15, 0.2) is 0 Å². The summed E-state index contributed by atoms with van der Waals surface area (Å²) in [6.07, 6.45) is 5.64. The average Bonchev–Trinajstić information content (AvgIpc) is 2.35. The van der Waals surface area contributed by atoms with Gasteiger partial charge in [0.15, 0.2) is 0 Å². The number of rotatable bonds is 7. The van der Waals surface area contributed by atoms with Gasteiger partial charge in [-0.1, -0.05) is 20.3 Å². The van der Waals surface area contributed by atoms with Crippen molar-refractivity contribution in [3.8, 4) is 0 Å². The minimum Gasteiger partial charge on any atom is -0.369 e. The van der Waals surface area contributed by atoms with Crippen LogP contribution in [0, 0.1) is 11.3 Å². The molecule has 4 heteroatoms. The zero-order chi connectivity index (χ0) is 13.6. The highest BCUT2D eigenvalue weighted by molar-refractivity contribution is 5.76. The van der Waals surface area contributed by atoms with Gasteiger partial charge in [0.05, 0.1) is 5.92 Å². The molecule has 0 aromatic heterocycles. The number of nitrogens with two attached hydrogens (primary N) is 2. The van der Waals surface area contributed by atoms with E-state index in [-0.39, 0.29) is 17.2 Å². The Balaban J connectivity index is 2.17. The fourth-order valence-corrected chi connectivity index (χ4v) is 2.53. The highest BCUT2D eigenvalue weighted by atomic mass is 16.1. The molecule has 106 valence electrons. The topological polar surface area (TPSA) is 72.3 Å². The van der Waals surface area contributed by atoms with Crippen molar-refractivity contribution in [2.45, 2.75) is 46.0 Å². The van der Waals surface area contributed by atoms with Crippen molar-refractivity contribution in [2.75, 3.05) is 26.2 Å². The zero-order valence-corrected chi connectivity index (χ0v) is 12.0. The van der Waals surface area contributed by atoms with Gasteiger partial charge in [-0.15, -0.1) is 0 Å². The second-order valence-electron chi connectivity index (χ2n) is 6.37. The number of unbranched alkanes of at least 4 members (excludes halogenated alkanes) is 1. The van der Waals surface area contributed by atoms with Crippen LogP contribution >= 0.6 is 0 Å². The predicted octanol–water partition coefficient (Wildman–Crippen LogP) is 1.34. The van der Waals surface area contributed by atoms with E-state index in [9.17, 15) is 4.79 Å². The van der Waals surface area contributed by atoms with E-state index in [0.717, 1.165) is 39.0 Å². The van der Waals surface area contributed by atoms with Crippen LogP contribution < -0.4 is 11.5 Å². The maximum absolute atomic E-state index is 11.2. The van der Waals surface area contributed by atoms with Gasteiger partial charge in [-0.2, -0.15) is 0 Å².